The molecule has 1 aliphatic rings. The number of thioether (sulfide) groups is 1. The van der Waals surface area contributed by atoms with Gasteiger partial charge in [0, 0.05) is 17.1 Å². The molecule has 0 spiro atoms. The molecule has 2 rings (SSSR count). The lowest BCUT2D eigenvalue weighted by Gasteiger charge is -2.05. The van der Waals surface area contributed by atoms with Crippen molar-refractivity contribution in [2.24, 2.45) is 5.92 Å². The number of benzene rings is 1. The summed E-state index contributed by atoms with van der Waals surface area (Å²) in [6, 6.07) is 7.62. The molecule has 1 aromatic rings. The Morgan fingerprint density at radius 3 is 2.88 bits per heavy atom. The molecule has 3 N–H and O–H groups in total. The van der Waals surface area contributed by atoms with Crippen LogP contribution in [0.15, 0.2) is 29.2 Å². The Hall–Kier alpha value is -1.16. The van der Waals surface area contributed by atoms with Gasteiger partial charge in [-0.3, -0.25) is 4.79 Å². The zero-order valence-corrected chi connectivity index (χ0v) is 9.93. The molecule has 1 aromatic carbocycles. The Morgan fingerprint density at radius 1 is 1.44 bits per heavy atom. The number of hydrogen-bond donors (Lipinski definition) is 2. The highest BCUT2D eigenvalue weighted by Crippen LogP contribution is 2.28. The van der Waals surface area contributed by atoms with E-state index in [-0.39, 0.29) is 5.91 Å². The summed E-state index contributed by atoms with van der Waals surface area (Å²) in [5, 5.41) is 2.93. The summed E-state index contributed by atoms with van der Waals surface area (Å²) in [6.07, 6.45) is 2.53. The lowest BCUT2D eigenvalue weighted by atomic mass is 10.3. The minimum Gasteiger partial charge on any atom is -0.398 e. The monoisotopic (exact) mass is 236 g/mol. The third-order valence-corrected chi connectivity index (χ3v) is 3.65. The zero-order chi connectivity index (χ0) is 11.4. The second kappa shape index (κ2) is 5.25. The van der Waals surface area contributed by atoms with Gasteiger partial charge in [0.1, 0.15) is 0 Å². The van der Waals surface area contributed by atoms with Crippen molar-refractivity contribution in [3.8, 4) is 0 Å². The molecule has 0 heterocycles. The van der Waals surface area contributed by atoms with Crippen LogP contribution in [-0.4, -0.2) is 18.2 Å². The van der Waals surface area contributed by atoms with Crippen molar-refractivity contribution in [2.45, 2.75) is 17.7 Å². The van der Waals surface area contributed by atoms with E-state index >= 15 is 0 Å². The predicted molar refractivity (Wildman–Crippen MR) is 67.3 cm³/mol. The maximum absolute atomic E-state index is 11.5. The average Bonchev–Trinajstić information content (AvgIpc) is 3.09. The van der Waals surface area contributed by atoms with Gasteiger partial charge in [0.2, 0.25) is 5.91 Å². The Labute approximate surface area is 99.8 Å². The molecular formula is C12H16N2OS. The molecule has 0 bridgehead atoms. The molecule has 86 valence electrons. The molecule has 16 heavy (non-hydrogen) atoms. The summed E-state index contributed by atoms with van der Waals surface area (Å²) in [7, 11) is 0. The first-order chi connectivity index (χ1) is 7.75. The number of nitrogens with one attached hydrogen (secondary N) is 1. The van der Waals surface area contributed by atoms with Crippen molar-refractivity contribution in [1.29, 1.82) is 0 Å². The fourth-order valence-electron chi connectivity index (χ4n) is 1.39. The first kappa shape index (κ1) is 11.3. The van der Waals surface area contributed by atoms with Gasteiger partial charge in [0.15, 0.2) is 0 Å². The topological polar surface area (TPSA) is 55.1 Å². The summed E-state index contributed by atoms with van der Waals surface area (Å²) in [6.45, 7) is 0.837. The molecule has 1 amide bonds. The Balaban J connectivity index is 1.73. The van der Waals surface area contributed by atoms with Crippen LogP contribution in [0.2, 0.25) is 0 Å². The Bertz CT molecular complexity index is 377. The molecule has 1 saturated carbocycles. The normalized spacial score (nSPS) is 14.8. The maximum atomic E-state index is 11.5. The van der Waals surface area contributed by atoms with E-state index in [1.165, 1.54) is 24.6 Å². The first-order valence-electron chi connectivity index (χ1n) is 5.49. The number of rotatable bonds is 5. The van der Waals surface area contributed by atoms with Crippen LogP contribution in [0.5, 0.6) is 0 Å². The smallest absolute Gasteiger partial charge is 0.230 e. The molecule has 4 heteroatoms. The molecular weight excluding hydrogens is 220 g/mol. The molecule has 0 unspecified atom stereocenters. The van der Waals surface area contributed by atoms with E-state index in [2.05, 4.69) is 5.32 Å². The van der Waals surface area contributed by atoms with Crippen LogP contribution >= 0.6 is 11.8 Å². The summed E-state index contributed by atoms with van der Waals surface area (Å²) in [5.41, 5.74) is 6.52. The molecule has 0 saturated heterocycles. The van der Waals surface area contributed by atoms with Crippen LogP contribution in [0.1, 0.15) is 12.8 Å². The summed E-state index contributed by atoms with van der Waals surface area (Å²) in [4.78, 5) is 12.5. The van der Waals surface area contributed by atoms with E-state index in [0.717, 1.165) is 23.0 Å². The number of anilines is 1. The zero-order valence-electron chi connectivity index (χ0n) is 9.11. The van der Waals surface area contributed by atoms with Crippen molar-refractivity contribution in [1.82, 2.24) is 5.32 Å². The quantitative estimate of drug-likeness (QED) is 0.606. The fourth-order valence-corrected chi connectivity index (χ4v) is 2.18. The van der Waals surface area contributed by atoms with Crippen molar-refractivity contribution in [2.75, 3.05) is 18.0 Å². The van der Waals surface area contributed by atoms with Gasteiger partial charge in [0.05, 0.1) is 5.75 Å². The van der Waals surface area contributed by atoms with Gasteiger partial charge in [-0.1, -0.05) is 12.1 Å². The van der Waals surface area contributed by atoms with Crippen LogP contribution in [-0.2, 0) is 4.79 Å². The van der Waals surface area contributed by atoms with E-state index in [4.69, 9.17) is 5.73 Å². The second-order valence-electron chi connectivity index (χ2n) is 4.07. The van der Waals surface area contributed by atoms with Crippen LogP contribution < -0.4 is 11.1 Å². The second-order valence-corrected chi connectivity index (χ2v) is 5.09. The number of carbonyl (C=O) groups excluding carboxylic acids is 1. The molecule has 1 aliphatic carbocycles. The van der Waals surface area contributed by atoms with Crippen LogP contribution in [0, 0.1) is 5.92 Å². The number of carbonyl (C=O) groups is 1. The summed E-state index contributed by atoms with van der Waals surface area (Å²) in [5.74, 6) is 1.27. The highest BCUT2D eigenvalue weighted by Gasteiger charge is 2.21. The standard InChI is InChI=1S/C12H16N2OS/c13-10-3-1-2-4-11(10)16-8-12(15)14-7-9-5-6-9/h1-4,9H,5-8,13H2,(H,14,15). The van der Waals surface area contributed by atoms with Gasteiger partial charge in [-0.25, -0.2) is 0 Å². The lowest BCUT2D eigenvalue weighted by molar-refractivity contribution is -0.118. The molecule has 0 aliphatic heterocycles. The fraction of sp³-hybridized carbons (Fsp3) is 0.417. The van der Waals surface area contributed by atoms with Crippen LogP contribution in [0.4, 0.5) is 5.69 Å². The van der Waals surface area contributed by atoms with E-state index < -0.39 is 0 Å². The van der Waals surface area contributed by atoms with Gasteiger partial charge in [-0.15, -0.1) is 11.8 Å². The molecule has 0 aromatic heterocycles. The average molecular weight is 236 g/mol. The van der Waals surface area contributed by atoms with Gasteiger partial charge >= 0.3 is 0 Å². The molecule has 3 nitrogen and oxygen atoms in total. The maximum Gasteiger partial charge on any atom is 0.230 e. The highest BCUT2D eigenvalue weighted by atomic mass is 32.2. The minimum atomic E-state index is 0.0974. The summed E-state index contributed by atoms with van der Waals surface area (Å²) >= 11 is 1.49. The van der Waals surface area contributed by atoms with Crippen LogP contribution in [0.25, 0.3) is 0 Å². The minimum absolute atomic E-state index is 0.0974. The van der Waals surface area contributed by atoms with Crippen LogP contribution in [0.3, 0.4) is 0 Å². The predicted octanol–water partition coefficient (Wildman–Crippen LogP) is 1.89. The first-order valence-corrected chi connectivity index (χ1v) is 6.48. The van der Waals surface area contributed by atoms with Gasteiger partial charge in [-0.2, -0.15) is 0 Å². The third-order valence-electron chi connectivity index (χ3n) is 2.56. The number of para-hydroxylation sites is 1. The Kier molecular flexibility index (Phi) is 3.72. The largest absolute Gasteiger partial charge is 0.398 e. The van der Waals surface area contributed by atoms with Crippen molar-refractivity contribution in [3.05, 3.63) is 24.3 Å². The Morgan fingerprint density at radius 2 is 2.19 bits per heavy atom. The van der Waals surface area contributed by atoms with E-state index in [1.807, 2.05) is 24.3 Å². The van der Waals surface area contributed by atoms with Gasteiger partial charge in [0.25, 0.3) is 0 Å². The third kappa shape index (κ3) is 3.45. The van der Waals surface area contributed by atoms with Crippen molar-refractivity contribution in [3.63, 3.8) is 0 Å². The number of nitrogen functional groups attached to an aromatic ring is 1. The van der Waals surface area contributed by atoms with E-state index in [9.17, 15) is 4.79 Å². The number of hydrogen-bond acceptors (Lipinski definition) is 3. The van der Waals surface area contributed by atoms with Crippen molar-refractivity contribution < 1.29 is 4.79 Å². The molecule has 0 radical (unpaired) electrons. The summed E-state index contributed by atoms with van der Waals surface area (Å²) < 4.78 is 0. The van der Waals surface area contributed by atoms with E-state index in [1.54, 1.807) is 0 Å². The lowest BCUT2D eigenvalue weighted by Crippen LogP contribution is -2.27. The molecule has 0 atom stereocenters. The SMILES string of the molecule is Nc1ccccc1SCC(=O)NCC1CC1. The van der Waals surface area contributed by atoms with Gasteiger partial charge < -0.3 is 11.1 Å². The highest BCUT2D eigenvalue weighted by molar-refractivity contribution is 8.00. The molecule has 1 fully saturated rings. The van der Waals surface area contributed by atoms with E-state index in [0.29, 0.717) is 5.75 Å². The van der Waals surface area contributed by atoms with Gasteiger partial charge in [-0.05, 0) is 30.9 Å². The van der Waals surface area contributed by atoms with Crippen molar-refractivity contribution >= 4 is 23.4 Å². The number of amides is 1. The number of nitrogens with two attached hydrogens (primary N) is 1.